The van der Waals surface area contributed by atoms with E-state index in [0.717, 1.165) is 32.4 Å². The zero-order valence-electron chi connectivity index (χ0n) is 12.4. The number of hydrogen-bond acceptors (Lipinski definition) is 2. The lowest BCUT2D eigenvalue weighted by atomic mass is 10.1. The molecule has 3 rings (SSSR count). The topological polar surface area (TPSA) is 32.3 Å². The van der Waals surface area contributed by atoms with E-state index in [-0.39, 0.29) is 5.92 Å². The van der Waals surface area contributed by atoms with Crippen molar-refractivity contribution in [2.45, 2.75) is 45.2 Å². The summed E-state index contributed by atoms with van der Waals surface area (Å²) in [6.45, 7) is 5.76. The number of amides is 1. The van der Waals surface area contributed by atoms with Crippen molar-refractivity contribution < 1.29 is 4.79 Å². The van der Waals surface area contributed by atoms with Crippen LogP contribution in [0.25, 0.3) is 0 Å². The molecule has 1 N–H and O–H groups in total. The van der Waals surface area contributed by atoms with Crippen LogP contribution in [0.5, 0.6) is 0 Å². The van der Waals surface area contributed by atoms with E-state index in [0.29, 0.717) is 18.0 Å². The number of fused-ring (bicyclic) bond motifs is 1. The van der Waals surface area contributed by atoms with Crippen LogP contribution in [0.3, 0.4) is 0 Å². The first-order chi connectivity index (χ1) is 9.63. The van der Waals surface area contributed by atoms with Gasteiger partial charge in [-0.25, -0.2) is 0 Å². The highest BCUT2D eigenvalue weighted by Crippen LogP contribution is 2.23. The number of nitrogens with one attached hydrogen (secondary N) is 1. The average Bonchev–Trinajstić information content (AvgIpc) is 3.03. The molecule has 1 aliphatic heterocycles. The van der Waals surface area contributed by atoms with Gasteiger partial charge in [0, 0.05) is 31.1 Å². The highest BCUT2D eigenvalue weighted by Gasteiger charge is 2.30. The highest BCUT2D eigenvalue weighted by molar-refractivity contribution is 5.78. The van der Waals surface area contributed by atoms with Gasteiger partial charge in [0.05, 0.1) is 0 Å². The molecular weight excluding hydrogens is 248 g/mol. The fraction of sp³-hybridized carbons (Fsp3) is 0.588. The van der Waals surface area contributed by atoms with Gasteiger partial charge in [0.15, 0.2) is 0 Å². The molecule has 108 valence electrons. The van der Waals surface area contributed by atoms with E-state index in [4.69, 9.17) is 0 Å². The molecule has 1 aliphatic carbocycles. The first kappa shape index (κ1) is 13.6. The largest absolute Gasteiger partial charge is 0.341 e. The fourth-order valence-electron chi connectivity index (χ4n) is 3.47. The van der Waals surface area contributed by atoms with E-state index in [1.165, 1.54) is 11.1 Å². The Hall–Kier alpha value is -1.35. The average molecular weight is 272 g/mol. The predicted octanol–water partition coefficient (Wildman–Crippen LogP) is 2.00. The maximum absolute atomic E-state index is 12.0. The van der Waals surface area contributed by atoms with Crippen LogP contribution < -0.4 is 5.32 Å². The Bertz CT molecular complexity index is 473. The molecule has 0 saturated carbocycles. The lowest BCUT2D eigenvalue weighted by molar-refractivity contribution is -0.133. The smallest absolute Gasteiger partial charge is 0.225 e. The van der Waals surface area contributed by atoms with E-state index in [1.807, 2.05) is 18.7 Å². The third-order valence-corrected chi connectivity index (χ3v) is 4.52. The van der Waals surface area contributed by atoms with Gasteiger partial charge in [-0.1, -0.05) is 38.1 Å². The first-order valence-corrected chi connectivity index (χ1v) is 7.75. The van der Waals surface area contributed by atoms with Crippen molar-refractivity contribution in [2.24, 2.45) is 5.92 Å². The Morgan fingerprint density at radius 3 is 2.45 bits per heavy atom. The number of rotatable bonds is 3. The molecule has 1 aromatic carbocycles. The number of benzene rings is 1. The summed E-state index contributed by atoms with van der Waals surface area (Å²) < 4.78 is 0. The zero-order chi connectivity index (χ0) is 14.1. The van der Waals surface area contributed by atoms with Crippen molar-refractivity contribution in [3.8, 4) is 0 Å². The Kier molecular flexibility index (Phi) is 3.79. The van der Waals surface area contributed by atoms with Crippen molar-refractivity contribution in [2.75, 3.05) is 13.1 Å². The molecule has 0 aromatic heterocycles. The summed E-state index contributed by atoms with van der Waals surface area (Å²) in [5.74, 6) is 0.411. The molecule has 0 bridgehead atoms. The van der Waals surface area contributed by atoms with Gasteiger partial charge in [-0.15, -0.1) is 0 Å². The predicted molar refractivity (Wildman–Crippen MR) is 80.6 cm³/mol. The Morgan fingerprint density at radius 1 is 1.20 bits per heavy atom. The van der Waals surface area contributed by atoms with Crippen LogP contribution in [-0.2, 0) is 17.6 Å². The molecule has 1 saturated heterocycles. The normalized spacial score (nSPS) is 22.6. The standard InChI is InChI=1S/C17H24N2O/c1-12(2)17(20)19-8-7-15(11-19)18-16-9-13-5-3-4-6-14(13)10-16/h3-6,12,15-16,18H,7-11H2,1-2H3. The van der Waals surface area contributed by atoms with Gasteiger partial charge in [0.2, 0.25) is 5.91 Å². The van der Waals surface area contributed by atoms with Crippen molar-refractivity contribution in [1.29, 1.82) is 0 Å². The minimum absolute atomic E-state index is 0.115. The van der Waals surface area contributed by atoms with Crippen molar-refractivity contribution in [3.05, 3.63) is 35.4 Å². The molecule has 1 atom stereocenters. The molecule has 3 heteroatoms. The molecule has 1 unspecified atom stereocenters. The lowest BCUT2D eigenvalue weighted by Gasteiger charge is -2.21. The lowest BCUT2D eigenvalue weighted by Crippen LogP contribution is -2.42. The van der Waals surface area contributed by atoms with Crippen molar-refractivity contribution in [3.63, 3.8) is 0 Å². The van der Waals surface area contributed by atoms with E-state index in [9.17, 15) is 4.79 Å². The van der Waals surface area contributed by atoms with E-state index < -0.39 is 0 Å². The molecule has 0 radical (unpaired) electrons. The maximum Gasteiger partial charge on any atom is 0.225 e. The van der Waals surface area contributed by atoms with Gasteiger partial charge >= 0.3 is 0 Å². The SMILES string of the molecule is CC(C)C(=O)N1CCC(NC2Cc3ccccc3C2)C1. The van der Waals surface area contributed by atoms with Gasteiger partial charge < -0.3 is 10.2 Å². The van der Waals surface area contributed by atoms with Gasteiger partial charge in [0.1, 0.15) is 0 Å². The van der Waals surface area contributed by atoms with Crippen LogP contribution in [0.1, 0.15) is 31.4 Å². The maximum atomic E-state index is 12.0. The van der Waals surface area contributed by atoms with Crippen LogP contribution >= 0.6 is 0 Å². The number of carbonyl (C=O) groups is 1. The van der Waals surface area contributed by atoms with Crippen LogP contribution in [0.15, 0.2) is 24.3 Å². The Labute approximate surface area is 121 Å². The number of nitrogens with zero attached hydrogens (tertiary/aromatic N) is 1. The second-order valence-electron chi connectivity index (χ2n) is 6.47. The molecule has 2 aliphatic rings. The summed E-state index contributed by atoms with van der Waals surface area (Å²) in [6, 6.07) is 9.74. The van der Waals surface area contributed by atoms with Crippen LogP contribution in [0, 0.1) is 5.92 Å². The second kappa shape index (κ2) is 5.57. The van der Waals surface area contributed by atoms with E-state index in [2.05, 4.69) is 29.6 Å². The summed E-state index contributed by atoms with van der Waals surface area (Å²) in [5, 5.41) is 3.75. The monoisotopic (exact) mass is 272 g/mol. The van der Waals surface area contributed by atoms with E-state index in [1.54, 1.807) is 0 Å². The molecule has 1 aromatic rings. The molecule has 20 heavy (non-hydrogen) atoms. The summed E-state index contributed by atoms with van der Waals surface area (Å²) in [4.78, 5) is 14.0. The van der Waals surface area contributed by atoms with Crippen LogP contribution in [-0.4, -0.2) is 36.0 Å². The quantitative estimate of drug-likeness (QED) is 0.913. The molecule has 1 fully saturated rings. The van der Waals surface area contributed by atoms with Gasteiger partial charge in [-0.3, -0.25) is 4.79 Å². The van der Waals surface area contributed by atoms with Gasteiger partial charge in [-0.05, 0) is 30.4 Å². The van der Waals surface area contributed by atoms with Crippen LogP contribution in [0.2, 0.25) is 0 Å². The summed E-state index contributed by atoms with van der Waals surface area (Å²) in [6.07, 6.45) is 3.35. The Morgan fingerprint density at radius 2 is 1.85 bits per heavy atom. The highest BCUT2D eigenvalue weighted by atomic mass is 16.2. The Balaban J connectivity index is 1.53. The van der Waals surface area contributed by atoms with Crippen molar-refractivity contribution >= 4 is 5.91 Å². The third kappa shape index (κ3) is 2.73. The minimum atomic E-state index is 0.115. The summed E-state index contributed by atoms with van der Waals surface area (Å²) in [5.41, 5.74) is 2.97. The zero-order valence-corrected chi connectivity index (χ0v) is 12.4. The summed E-state index contributed by atoms with van der Waals surface area (Å²) >= 11 is 0. The molecule has 3 nitrogen and oxygen atoms in total. The van der Waals surface area contributed by atoms with Gasteiger partial charge in [0.25, 0.3) is 0 Å². The molecule has 1 amide bonds. The minimum Gasteiger partial charge on any atom is -0.341 e. The number of carbonyl (C=O) groups excluding carboxylic acids is 1. The number of likely N-dealkylation sites (tertiary alicyclic amines) is 1. The summed E-state index contributed by atoms with van der Waals surface area (Å²) in [7, 11) is 0. The van der Waals surface area contributed by atoms with Gasteiger partial charge in [-0.2, -0.15) is 0 Å². The second-order valence-corrected chi connectivity index (χ2v) is 6.47. The third-order valence-electron chi connectivity index (χ3n) is 4.52. The van der Waals surface area contributed by atoms with E-state index >= 15 is 0 Å². The van der Waals surface area contributed by atoms with Crippen LogP contribution in [0.4, 0.5) is 0 Å². The number of hydrogen-bond donors (Lipinski definition) is 1. The molecule has 0 spiro atoms. The van der Waals surface area contributed by atoms with Crippen molar-refractivity contribution in [1.82, 2.24) is 10.2 Å². The fourth-order valence-corrected chi connectivity index (χ4v) is 3.47. The molecule has 1 heterocycles. The molecular formula is C17H24N2O. The first-order valence-electron chi connectivity index (χ1n) is 7.75.